The zero-order chi connectivity index (χ0) is 8.97. The molecule has 0 saturated carbocycles. The van der Waals surface area contributed by atoms with E-state index >= 15 is 0 Å². The van der Waals surface area contributed by atoms with Crippen LogP contribution in [0.3, 0.4) is 0 Å². The summed E-state index contributed by atoms with van der Waals surface area (Å²) in [4.78, 5) is 11.7. The summed E-state index contributed by atoms with van der Waals surface area (Å²) in [6, 6.07) is 7.39. The molecule has 0 radical (unpaired) electrons. The molecule has 2 nitrogen and oxygen atoms in total. The lowest BCUT2D eigenvalue weighted by molar-refractivity contribution is -0.113. The second-order valence-corrected chi connectivity index (χ2v) is 4.02. The minimum Gasteiger partial charge on any atom is -0.388 e. The standard InChI is InChI=1S/C8H7BrO2S/c9-6-3-1-2-4-7(6)12-8(11)5-10/h1-4,10H,5H2. The van der Waals surface area contributed by atoms with Crippen LogP contribution in [0.4, 0.5) is 0 Å². The van der Waals surface area contributed by atoms with Gasteiger partial charge in [-0.1, -0.05) is 12.1 Å². The fraction of sp³-hybridized carbons (Fsp3) is 0.125. The Hall–Kier alpha value is -0.320. The van der Waals surface area contributed by atoms with Gasteiger partial charge in [0, 0.05) is 9.37 Å². The number of hydrogen-bond donors (Lipinski definition) is 1. The number of rotatable bonds is 2. The molecule has 0 saturated heterocycles. The van der Waals surface area contributed by atoms with E-state index < -0.39 is 6.61 Å². The molecule has 1 N–H and O–H groups in total. The number of hydrogen-bond acceptors (Lipinski definition) is 3. The van der Waals surface area contributed by atoms with Crippen molar-refractivity contribution in [3.8, 4) is 0 Å². The van der Waals surface area contributed by atoms with Crippen molar-refractivity contribution in [2.75, 3.05) is 6.61 Å². The van der Waals surface area contributed by atoms with Crippen LogP contribution >= 0.6 is 27.7 Å². The van der Waals surface area contributed by atoms with Crippen LogP contribution in [-0.4, -0.2) is 16.8 Å². The second kappa shape index (κ2) is 4.64. The van der Waals surface area contributed by atoms with E-state index in [-0.39, 0.29) is 5.12 Å². The average Bonchev–Trinajstić information content (AvgIpc) is 2.09. The lowest BCUT2D eigenvalue weighted by Crippen LogP contribution is -1.96. The van der Waals surface area contributed by atoms with Gasteiger partial charge in [0.15, 0.2) is 0 Å². The van der Waals surface area contributed by atoms with Gasteiger partial charge >= 0.3 is 0 Å². The fourth-order valence-corrected chi connectivity index (χ4v) is 1.83. The summed E-state index contributed by atoms with van der Waals surface area (Å²) >= 11 is 4.33. The van der Waals surface area contributed by atoms with Crippen LogP contribution in [0.15, 0.2) is 33.6 Å². The second-order valence-electron chi connectivity index (χ2n) is 2.06. The average molecular weight is 247 g/mol. The van der Waals surface area contributed by atoms with E-state index in [4.69, 9.17) is 5.11 Å². The highest BCUT2D eigenvalue weighted by Gasteiger charge is 2.04. The SMILES string of the molecule is O=C(CO)Sc1ccccc1Br. The predicted octanol–water partition coefficient (Wildman–Crippen LogP) is 2.06. The van der Waals surface area contributed by atoms with Gasteiger partial charge in [-0.05, 0) is 39.8 Å². The Kier molecular flexibility index (Phi) is 3.78. The quantitative estimate of drug-likeness (QED) is 0.813. The number of carbonyl (C=O) groups is 1. The van der Waals surface area contributed by atoms with Crippen molar-refractivity contribution in [1.29, 1.82) is 0 Å². The van der Waals surface area contributed by atoms with Crippen molar-refractivity contribution < 1.29 is 9.90 Å². The maximum Gasteiger partial charge on any atom is 0.219 e. The van der Waals surface area contributed by atoms with E-state index in [9.17, 15) is 4.79 Å². The summed E-state index contributed by atoms with van der Waals surface area (Å²) < 4.78 is 0.872. The molecule has 64 valence electrons. The maximum atomic E-state index is 10.8. The van der Waals surface area contributed by atoms with Crippen molar-refractivity contribution in [2.45, 2.75) is 4.90 Å². The van der Waals surface area contributed by atoms with Crippen LogP contribution in [0.5, 0.6) is 0 Å². The number of carbonyl (C=O) groups excluding carboxylic acids is 1. The van der Waals surface area contributed by atoms with E-state index in [1.54, 1.807) is 0 Å². The van der Waals surface area contributed by atoms with Gasteiger partial charge in [0.05, 0.1) is 0 Å². The minimum absolute atomic E-state index is 0.248. The smallest absolute Gasteiger partial charge is 0.219 e. The summed E-state index contributed by atoms with van der Waals surface area (Å²) in [5.74, 6) is 0. The van der Waals surface area contributed by atoms with E-state index in [0.29, 0.717) is 0 Å². The highest BCUT2D eigenvalue weighted by atomic mass is 79.9. The molecule has 1 aromatic carbocycles. The van der Waals surface area contributed by atoms with Crippen molar-refractivity contribution in [3.63, 3.8) is 0 Å². The normalized spacial score (nSPS) is 9.83. The first-order chi connectivity index (χ1) is 5.74. The summed E-state index contributed by atoms with van der Waals surface area (Å²) in [6.45, 7) is -0.425. The molecule has 1 aromatic rings. The minimum atomic E-state index is -0.425. The van der Waals surface area contributed by atoms with Crippen LogP contribution in [0.2, 0.25) is 0 Å². The highest BCUT2D eigenvalue weighted by Crippen LogP contribution is 2.27. The molecular formula is C8H7BrO2S. The molecule has 0 aliphatic rings. The first kappa shape index (κ1) is 9.77. The van der Waals surface area contributed by atoms with E-state index in [1.807, 2.05) is 24.3 Å². The van der Waals surface area contributed by atoms with Gasteiger partial charge in [-0.3, -0.25) is 4.79 Å². The van der Waals surface area contributed by atoms with Crippen LogP contribution in [-0.2, 0) is 4.79 Å². The highest BCUT2D eigenvalue weighted by molar-refractivity contribution is 9.10. The van der Waals surface area contributed by atoms with Gasteiger partial charge in [0.2, 0.25) is 5.12 Å². The van der Waals surface area contributed by atoms with E-state index in [2.05, 4.69) is 15.9 Å². The molecule has 0 bridgehead atoms. The van der Waals surface area contributed by atoms with Gasteiger partial charge in [-0.15, -0.1) is 0 Å². The monoisotopic (exact) mass is 246 g/mol. The third-order valence-corrected chi connectivity index (χ3v) is 3.08. The zero-order valence-corrected chi connectivity index (χ0v) is 8.56. The molecule has 0 aromatic heterocycles. The molecule has 1 rings (SSSR count). The van der Waals surface area contributed by atoms with Gasteiger partial charge in [-0.25, -0.2) is 0 Å². The largest absolute Gasteiger partial charge is 0.388 e. The molecule has 0 amide bonds. The molecule has 12 heavy (non-hydrogen) atoms. The molecule has 4 heteroatoms. The number of thioether (sulfide) groups is 1. The summed E-state index contributed by atoms with van der Waals surface area (Å²) in [6.07, 6.45) is 0. The van der Waals surface area contributed by atoms with Crippen LogP contribution in [0.25, 0.3) is 0 Å². The van der Waals surface area contributed by atoms with E-state index in [0.717, 1.165) is 21.1 Å². The Morgan fingerprint density at radius 1 is 1.50 bits per heavy atom. The first-order valence-electron chi connectivity index (χ1n) is 3.30. The Balaban J connectivity index is 2.75. The van der Waals surface area contributed by atoms with Crippen molar-refractivity contribution >= 4 is 32.8 Å². The Bertz CT molecular complexity index is 288. The number of aliphatic hydroxyl groups excluding tert-OH is 1. The van der Waals surface area contributed by atoms with Gasteiger partial charge in [0.1, 0.15) is 6.61 Å². The van der Waals surface area contributed by atoms with Crippen molar-refractivity contribution in [2.24, 2.45) is 0 Å². The Morgan fingerprint density at radius 2 is 2.17 bits per heavy atom. The molecule has 0 unspecified atom stereocenters. The predicted molar refractivity (Wildman–Crippen MR) is 52.1 cm³/mol. The van der Waals surface area contributed by atoms with Crippen LogP contribution in [0, 0.1) is 0 Å². The molecule has 0 fully saturated rings. The number of aliphatic hydroxyl groups is 1. The third kappa shape index (κ3) is 2.62. The molecule has 0 spiro atoms. The Morgan fingerprint density at radius 3 is 2.75 bits per heavy atom. The first-order valence-corrected chi connectivity index (χ1v) is 4.91. The summed E-state index contributed by atoms with van der Waals surface area (Å²) in [5, 5.41) is 8.25. The maximum absolute atomic E-state index is 10.8. The lowest BCUT2D eigenvalue weighted by Gasteiger charge is -1.99. The number of benzene rings is 1. The topological polar surface area (TPSA) is 37.3 Å². The molecule has 0 aliphatic heterocycles. The fourth-order valence-electron chi connectivity index (χ4n) is 0.682. The van der Waals surface area contributed by atoms with Gasteiger partial charge < -0.3 is 5.11 Å². The van der Waals surface area contributed by atoms with Crippen molar-refractivity contribution in [1.82, 2.24) is 0 Å². The molecular weight excluding hydrogens is 240 g/mol. The third-order valence-electron chi connectivity index (χ3n) is 1.19. The van der Waals surface area contributed by atoms with Gasteiger partial charge in [0.25, 0.3) is 0 Å². The zero-order valence-electron chi connectivity index (χ0n) is 6.16. The van der Waals surface area contributed by atoms with Gasteiger partial charge in [-0.2, -0.15) is 0 Å². The summed E-state index contributed by atoms with van der Waals surface area (Å²) in [5.41, 5.74) is 0. The van der Waals surface area contributed by atoms with E-state index in [1.165, 1.54) is 0 Å². The van der Waals surface area contributed by atoms with Crippen molar-refractivity contribution in [3.05, 3.63) is 28.7 Å². The molecule has 0 heterocycles. The van der Waals surface area contributed by atoms with Crippen LogP contribution in [0.1, 0.15) is 0 Å². The number of halogens is 1. The van der Waals surface area contributed by atoms with Crippen LogP contribution < -0.4 is 0 Å². The summed E-state index contributed by atoms with van der Waals surface area (Å²) in [7, 11) is 0. The lowest BCUT2D eigenvalue weighted by atomic mass is 10.4. The molecule has 0 aliphatic carbocycles. The molecule has 0 atom stereocenters. The Labute approximate surface area is 83.1 Å².